The quantitative estimate of drug-likeness (QED) is 0.632. The zero-order valence-electron chi connectivity index (χ0n) is 9.93. The molecule has 5 heteroatoms. The predicted octanol–water partition coefficient (Wildman–Crippen LogP) is 3.15. The van der Waals surface area contributed by atoms with Gasteiger partial charge in [-0.25, -0.2) is 0 Å². The Morgan fingerprint density at radius 2 is 1.88 bits per heavy atom. The highest BCUT2D eigenvalue weighted by molar-refractivity contribution is 5.31. The number of aryl methyl sites for hydroxylation is 2. The molecular weight excluding hydrogens is 229 g/mol. The highest BCUT2D eigenvalue weighted by atomic mass is 19.4. The molecule has 0 amide bonds. The fourth-order valence-electron chi connectivity index (χ4n) is 1.64. The van der Waals surface area contributed by atoms with Gasteiger partial charge in [-0.1, -0.05) is 18.2 Å². The van der Waals surface area contributed by atoms with E-state index in [2.05, 4.69) is 5.43 Å². The third-order valence-corrected chi connectivity index (χ3v) is 2.85. The summed E-state index contributed by atoms with van der Waals surface area (Å²) in [7, 11) is 0. The number of hydrogen-bond donors (Lipinski definition) is 2. The number of hydrazine groups is 1. The SMILES string of the molecule is Cc1ccc(C(CCC(F)(F)F)NN)cc1C. The maximum atomic E-state index is 12.1. The van der Waals surface area contributed by atoms with Crippen molar-refractivity contribution in [1.82, 2.24) is 5.43 Å². The number of nitrogens with two attached hydrogens (primary N) is 1. The van der Waals surface area contributed by atoms with E-state index in [0.717, 1.165) is 16.7 Å². The van der Waals surface area contributed by atoms with Crippen LogP contribution in [-0.4, -0.2) is 6.18 Å². The Kier molecular flexibility index (Phi) is 4.54. The second-order valence-corrected chi connectivity index (χ2v) is 4.22. The summed E-state index contributed by atoms with van der Waals surface area (Å²) in [5.41, 5.74) is 5.39. The first kappa shape index (κ1) is 14.0. The molecule has 0 radical (unpaired) electrons. The Morgan fingerprint density at radius 1 is 1.24 bits per heavy atom. The van der Waals surface area contributed by atoms with Gasteiger partial charge in [0.05, 0.1) is 0 Å². The van der Waals surface area contributed by atoms with E-state index < -0.39 is 18.6 Å². The molecular formula is C12H17F3N2. The third-order valence-electron chi connectivity index (χ3n) is 2.85. The van der Waals surface area contributed by atoms with Crippen molar-refractivity contribution in [1.29, 1.82) is 0 Å². The van der Waals surface area contributed by atoms with E-state index in [4.69, 9.17) is 5.84 Å². The van der Waals surface area contributed by atoms with Crippen LogP contribution in [0.25, 0.3) is 0 Å². The van der Waals surface area contributed by atoms with Gasteiger partial charge >= 0.3 is 6.18 Å². The first-order valence-electron chi connectivity index (χ1n) is 5.43. The standard InChI is InChI=1S/C12H17F3N2/c1-8-3-4-10(7-9(8)2)11(17-16)5-6-12(13,14)15/h3-4,7,11,17H,5-6,16H2,1-2H3. The molecule has 3 N–H and O–H groups in total. The first-order chi connectivity index (χ1) is 7.83. The third kappa shape index (κ3) is 4.36. The van der Waals surface area contributed by atoms with Gasteiger partial charge in [-0.2, -0.15) is 13.2 Å². The van der Waals surface area contributed by atoms with Crippen LogP contribution < -0.4 is 11.3 Å². The normalized spacial score (nSPS) is 13.8. The average molecular weight is 246 g/mol. The number of nitrogens with one attached hydrogen (secondary N) is 1. The van der Waals surface area contributed by atoms with Crippen molar-refractivity contribution in [3.8, 4) is 0 Å². The fourth-order valence-corrected chi connectivity index (χ4v) is 1.64. The second kappa shape index (κ2) is 5.51. The highest BCUT2D eigenvalue weighted by Gasteiger charge is 2.28. The molecule has 0 aliphatic heterocycles. The summed E-state index contributed by atoms with van der Waals surface area (Å²) in [5, 5.41) is 0. The summed E-state index contributed by atoms with van der Waals surface area (Å²) in [6, 6.07) is 5.11. The van der Waals surface area contributed by atoms with E-state index in [1.807, 2.05) is 32.0 Å². The first-order valence-corrected chi connectivity index (χ1v) is 5.43. The molecule has 0 aliphatic carbocycles. The van der Waals surface area contributed by atoms with Crippen LogP contribution in [0.4, 0.5) is 13.2 Å². The van der Waals surface area contributed by atoms with Crippen LogP contribution in [0.2, 0.25) is 0 Å². The molecule has 0 saturated carbocycles. The van der Waals surface area contributed by atoms with Gasteiger partial charge in [0.15, 0.2) is 0 Å². The van der Waals surface area contributed by atoms with E-state index in [9.17, 15) is 13.2 Å². The summed E-state index contributed by atoms with van der Waals surface area (Å²) in [5.74, 6) is 5.30. The molecule has 96 valence electrons. The summed E-state index contributed by atoms with van der Waals surface area (Å²) in [6.07, 6.45) is -5.04. The molecule has 1 unspecified atom stereocenters. The van der Waals surface area contributed by atoms with Crippen molar-refractivity contribution >= 4 is 0 Å². The van der Waals surface area contributed by atoms with Crippen molar-refractivity contribution in [2.75, 3.05) is 0 Å². The van der Waals surface area contributed by atoms with Gasteiger partial charge in [-0.05, 0) is 37.0 Å². The largest absolute Gasteiger partial charge is 0.389 e. The number of hydrogen-bond acceptors (Lipinski definition) is 2. The van der Waals surface area contributed by atoms with Gasteiger partial charge in [-0.15, -0.1) is 0 Å². The van der Waals surface area contributed by atoms with Crippen molar-refractivity contribution in [3.63, 3.8) is 0 Å². The van der Waals surface area contributed by atoms with Crippen LogP contribution in [0.15, 0.2) is 18.2 Å². The molecule has 0 bridgehead atoms. The molecule has 1 aromatic carbocycles. The van der Waals surface area contributed by atoms with Gasteiger partial charge in [0, 0.05) is 12.5 Å². The van der Waals surface area contributed by atoms with Gasteiger partial charge < -0.3 is 0 Å². The monoisotopic (exact) mass is 246 g/mol. The van der Waals surface area contributed by atoms with Gasteiger partial charge in [0.2, 0.25) is 0 Å². The Balaban J connectivity index is 2.76. The molecule has 0 aromatic heterocycles. The number of alkyl halides is 3. The molecule has 0 heterocycles. The Morgan fingerprint density at radius 3 is 2.35 bits per heavy atom. The zero-order chi connectivity index (χ0) is 13.1. The minimum absolute atomic E-state index is 0.0531. The van der Waals surface area contributed by atoms with Crippen LogP contribution in [0.1, 0.15) is 35.6 Å². The van der Waals surface area contributed by atoms with Crippen LogP contribution in [0.3, 0.4) is 0 Å². The van der Waals surface area contributed by atoms with E-state index >= 15 is 0 Å². The summed E-state index contributed by atoms with van der Waals surface area (Å²) in [4.78, 5) is 0. The van der Waals surface area contributed by atoms with Gasteiger partial charge in [0.1, 0.15) is 0 Å². The van der Waals surface area contributed by atoms with E-state index in [1.54, 1.807) is 0 Å². The molecule has 0 aliphatic rings. The lowest BCUT2D eigenvalue weighted by Gasteiger charge is -2.18. The lowest BCUT2D eigenvalue weighted by molar-refractivity contribution is -0.136. The minimum atomic E-state index is -4.14. The molecule has 1 aromatic rings. The van der Waals surface area contributed by atoms with Crippen molar-refractivity contribution in [2.45, 2.75) is 38.9 Å². The molecule has 1 rings (SSSR count). The maximum Gasteiger partial charge on any atom is 0.389 e. The molecule has 1 atom stereocenters. The van der Waals surface area contributed by atoms with Crippen molar-refractivity contribution in [2.24, 2.45) is 5.84 Å². The minimum Gasteiger partial charge on any atom is -0.271 e. The smallest absolute Gasteiger partial charge is 0.271 e. The molecule has 2 nitrogen and oxygen atoms in total. The number of benzene rings is 1. The number of halogens is 3. The topological polar surface area (TPSA) is 38.0 Å². The van der Waals surface area contributed by atoms with E-state index in [1.165, 1.54) is 0 Å². The maximum absolute atomic E-state index is 12.1. The summed E-state index contributed by atoms with van der Waals surface area (Å²) >= 11 is 0. The lowest BCUT2D eigenvalue weighted by atomic mass is 9.98. The zero-order valence-corrected chi connectivity index (χ0v) is 9.93. The molecule has 0 fully saturated rings. The average Bonchev–Trinajstić information content (AvgIpc) is 2.22. The fraction of sp³-hybridized carbons (Fsp3) is 0.500. The van der Waals surface area contributed by atoms with Crippen LogP contribution in [0.5, 0.6) is 0 Å². The van der Waals surface area contributed by atoms with Crippen molar-refractivity contribution < 1.29 is 13.2 Å². The Bertz CT molecular complexity index is 375. The van der Waals surface area contributed by atoms with E-state index in [-0.39, 0.29) is 6.42 Å². The second-order valence-electron chi connectivity index (χ2n) is 4.22. The van der Waals surface area contributed by atoms with Crippen molar-refractivity contribution in [3.05, 3.63) is 34.9 Å². The molecule has 0 saturated heterocycles. The Hall–Kier alpha value is -1.07. The number of rotatable bonds is 4. The van der Waals surface area contributed by atoms with Crippen LogP contribution >= 0.6 is 0 Å². The van der Waals surface area contributed by atoms with Gasteiger partial charge in [0.25, 0.3) is 0 Å². The summed E-state index contributed by atoms with van der Waals surface area (Å²) < 4.78 is 36.4. The van der Waals surface area contributed by atoms with E-state index in [0.29, 0.717) is 0 Å². The van der Waals surface area contributed by atoms with Crippen LogP contribution in [0, 0.1) is 13.8 Å². The predicted molar refractivity (Wildman–Crippen MR) is 61.3 cm³/mol. The molecule has 0 spiro atoms. The lowest BCUT2D eigenvalue weighted by Crippen LogP contribution is -2.29. The van der Waals surface area contributed by atoms with Crippen LogP contribution in [-0.2, 0) is 0 Å². The Labute approximate surface area is 99.0 Å². The molecule has 17 heavy (non-hydrogen) atoms. The summed E-state index contributed by atoms with van der Waals surface area (Å²) in [6.45, 7) is 3.88. The van der Waals surface area contributed by atoms with Gasteiger partial charge in [-0.3, -0.25) is 11.3 Å². The highest BCUT2D eigenvalue weighted by Crippen LogP contribution is 2.27.